The van der Waals surface area contributed by atoms with Crippen molar-refractivity contribution in [2.75, 3.05) is 10.6 Å². The number of carbonyl (C=O) groups excluding carboxylic acids is 2. The Labute approximate surface area is 169 Å². The Morgan fingerprint density at radius 3 is 2.48 bits per heavy atom. The van der Waals surface area contributed by atoms with Crippen LogP contribution in [0.5, 0.6) is 0 Å². The first-order valence-electron chi connectivity index (χ1n) is 8.56. The maximum atomic E-state index is 12.3. The van der Waals surface area contributed by atoms with E-state index in [9.17, 15) is 19.7 Å². The number of anilines is 2. The zero-order valence-corrected chi connectivity index (χ0v) is 16.7. The number of nitrogens with one attached hydrogen (secondary N) is 2. The Balaban J connectivity index is 1.67. The first-order valence-corrected chi connectivity index (χ1v) is 9.44. The Morgan fingerprint density at radius 2 is 1.90 bits per heavy atom. The first kappa shape index (κ1) is 20.1. The lowest BCUT2D eigenvalue weighted by Crippen LogP contribution is -2.20. The maximum absolute atomic E-state index is 12.3. The van der Waals surface area contributed by atoms with Gasteiger partial charge in [0.2, 0.25) is 11.8 Å². The van der Waals surface area contributed by atoms with Gasteiger partial charge >= 0.3 is 5.69 Å². The van der Waals surface area contributed by atoms with Crippen molar-refractivity contribution in [2.24, 2.45) is 0 Å². The number of amides is 2. The minimum absolute atomic E-state index is 0.0861. The number of benzene rings is 1. The normalized spacial score (nSPS) is 10.6. The summed E-state index contributed by atoms with van der Waals surface area (Å²) in [7, 11) is 0. The topological polar surface area (TPSA) is 132 Å². The van der Waals surface area contributed by atoms with Crippen molar-refractivity contribution in [2.45, 2.75) is 27.3 Å². The van der Waals surface area contributed by atoms with Gasteiger partial charge in [0.05, 0.1) is 10.6 Å². The molecule has 29 heavy (non-hydrogen) atoms. The fourth-order valence-corrected chi connectivity index (χ4v) is 3.53. The first-order chi connectivity index (χ1) is 13.7. The molecule has 0 saturated heterocycles. The van der Waals surface area contributed by atoms with Crippen molar-refractivity contribution >= 4 is 39.7 Å². The fraction of sp³-hybridized carbons (Fsp3) is 0.222. The van der Waals surface area contributed by atoms with Crippen LogP contribution < -0.4 is 10.6 Å². The van der Waals surface area contributed by atoms with Crippen molar-refractivity contribution in [3.63, 3.8) is 0 Å². The standard InChI is InChI=1S/C18H18N6O4S/c1-10-17(24(27)28)11(2)23(22-10)8-16(26)21-18-20-15(9-29-18)13-4-6-14(7-5-13)19-12(3)25/h4-7,9H,8H2,1-3H3,(H,19,25)(H,20,21,26). The number of thiazole rings is 1. The van der Waals surface area contributed by atoms with Gasteiger partial charge in [0, 0.05) is 23.6 Å². The van der Waals surface area contributed by atoms with Crippen molar-refractivity contribution in [1.29, 1.82) is 0 Å². The van der Waals surface area contributed by atoms with Gasteiger partial charge in [-0.3, -0.25) is 24.4 Å². The van der Waals surface area contributed by atoms with Gasteiger partial charge in [0.1, 0.15) is 17.9 Å². The van der Waals surface area contributed by atoms with E-state index in [4.69, 9.17) is 0 Å². The summed E-state index contributed by atoms with van der Waals surface area (Å²) < 4.78 is 1.30. The van der Waals surface area contributed by atoms with E-state index in [2.05, 4.69) is 20.7 Å². The van der Waals surface area contributed by atoms with Crippen LogP contribution in [0.15, 0.2) is 29.6 Å². The molecule has 11 heteroatoms. The number of nitrogens with zero attached hydrogens (tertiary/aromatic N) is 4. The maximum Gasteiger partial charge on any atom is 0.312 e. The Bertz CT molecular complexity index is 1090. The van der Waals surface area contributed by atoms with E-state index in [1.807, 2.05) is 12.1 Å². The molecule has 3 rings (SSSR count). The number of hydrogen-bond donors (Lipinski definition) is 2. The molecule has 10 nitrogen and oxygen atoms in total. The molecule has 0 radical (unpaired) electrons. The molecule has 0 atom stereocenters. The number of rotatable bonds is 6. The van der Waals surface area contributed by atoms with Gasteiger partial charge in [-0.15, -0.1) is 11.3 Å². The molecule has 0 saturated carbocycles. The third-order valence-corrected chi connectivity index (χ3v) is 4.83. The molecule has 150 valence electrons. The number of hydrogen-bond acceptors (Lipinski definition) is 7. The summed E-state index contributed by atoms with van der Waals surface area (Å²) in [6.45, 7) is 4.37. The van der Waals surface area contributed by atoms with Crippen molar-refractivity contribution < 1.29 is 14.5 Å². The second-order valence-electron chi connectivity index (χ2n) is 6.28. The highest BCUT2D eigenvalue weighted by Gasteiger charge is 2.23. The highest BCUT2D eigenvalue weighted by Crippen LogP contribution is 2.26. The molecule has 0 fully saturated rings. The molecule has 2 N–H and O–H groups in total. The van der Waals surface area contributed by atoms with Crippen LogP contribution in [0.4, 0.5) is 16.5 Å². The second kappa shape index (κ2) is 8.19. The van der Waals surface area contributed by atoms with Crippen LogP contribution >= 0.6 is 11.3 Å². The molecule has 0 spiro atoms. The molecule has 0 unspecified atom stereocenters. The third-order valence-electron chi connectivity index (χ3n) is 4.07. The van der Waals surface area contributed by atoms with Crippen LogP contribution in [0.1, 0.15) is 18.3 Å². The Hall–Kier alpha value is -3.60. The summed E-state index contributed by atoms with van der Waals surface area (Å²) in [6, 6.07) is 7.18. The fourth-order valence-electron chi connectivity index (χ4n) is 2.79. The molecule has 2 heterocycles. The zero-order valence-electron chi connectivity index (χ0n) is 15.9. The number of nitro groups is 1. The number of aryl methyl sites for hydroxylation is 1. The van der Waals surface area contributed by atoms with Gasteiger partial charge in [-0.05, 0) is 26.0 Å². The number of carbonyl (C=O) groups is 2. The minimum Gasteiger partial charge on any atom is -0.326 e. The molecule has 2 aromatic heterocycles. The van der Waals surface area contributed by atoms with Crippen molar-refractivity contribution in [1.82, 2.24) is 14.8 Å². The minimum atomic E-state index is -0.504. The zero-order chi connectivity index (χ0) is 21.1. The van der Waals surface area contributed by atoms with E-state index >= 15 is 0 Å². The Kier molecular flexibility index (Phi) is 5.69. The SMILES string of the molecule is CC(=O)Nc1ccc(-c2csc(NC(=O)Cn3nc(C)c([N+](=O)[O-])c3C)n2)cc1. The van der Waals surface area contributed by atoms with Crippen LogP contribution in [0, 0.1) is 24.0 Å². The molecule has 3 aromatic rings. The van der Waals surface area contributed by atoms with Gasteiger partial charge in [-0.25, -0.2) is 4.98 Å². The molecular weight excluding hydrogens is 396 g/mol. The van der Waals surface area contributed by atoms with Crippen LogP contribution in [0.25, 0.3) is 11.3 Å². The lowest BCUT2D eigenvalue weighted by molar-refractivity contribution is -0.386. The van der Waals surface area contributed by atoms with E-state index < -0.39 is 4.92 Å². The van der Waals surface area contributed by atoms with E-state index in [-0.39, 0.29) is 29.7 Å². The molecule has 0 bridgehead atoms. The quantitative estimate of drug-likeness (QED) is 0.470. The third kappa shape index (κ3) is 4.63. The average Bonchev–Trinajstić information content (AvgIpc) is 3.19. The van der Waals surface area contributed by atoms with Crippen molar-refractivity contribution in [3.8, 4) is 11.3 Å². The second-order valence-corrected chi connectivity index (χ2v) is 7.14. The van der Waals surface area contributed by atoms with Gasteiger partial charge in [-0.1, -0.05) is 12.1 Å². The predicted octanol–water partition coefficient (Wildman–Crippen LogP) is 3.13. The molecule has 0 aliphatic carbocycles. The highest BCUT2D eigenvalue weighted by atomic mass is 32.1. The van der Waals surface area contributed by atoms with Gasteiger partial charge in [0.15, 0.2) is 5.13 Å². The summed E-state index contributed by atoms with van der Waals surface area (Å²) in [5.41, 5.74) is 2.70. The smallest absolute Gasteiger partial charge is 0.312 e. The summed E-state index contributed by atoms with van der Waals surface area (Å²) in [6.07, 6.45) is 0. The lowest BCUT2D eigenvalue weighted by Gasteiger charge is -2.04. The van der Waals surface area contributed by atoms with E-state index in [0.717, 1.165) is 5.56 Å². The van der Waals surface area contributed by atoms with Crippen LogP contribution in [0.2, 0.25) is 0 Å². The molecular formula is C18H18N6O4S. The van der Waals surface area contributed by atoms with Crippen molar-refractivity contribution in [3.05, 3.63) is 51.1 Å². The van der Waals surface area contributed by atoms with Gasteiger partial charge in [-0.2, -0.15) is 5.10 Å². The van der Waals surface area contributed by atoms with E-state index in [1.54, 1.807) is 24.4 Å². The lowest BCUT2D eigenvalue weighted by atomic mass is 10.1. The van der Waals surface area contributed by atoms with Crippen LogP contribution in [0.3, 0.4) is 0 Å². The van der Waals surface area contributed by atoms with Crippen LogP contribution in [-0.4, -0.2) is 31.5 Å². The van der Waals surface area contributed by atoms with Crippen LogP contribution in [-0.2, 0) is 16.1 Å². The monoisotopic (exact) mass is 414 g/mol. The summed E-state index contributed by atoms with van der Waals surface area (Å²) in [5, 5.41) is 22.7. The molecule has 0 aliphatic rings. The predicted molar refractivity (Wildman–Crippen MR) is 109 cm³/mol. The van der Waals surface area contributed by atoms with E-state index in [0.29, 0.717) is 22.2 Å². The Morgan fingerprint density at radius 1 is 1.21 bits per heavy atom. The molecule has 2 amide bonds. The van der Waals surface area contributed by atoms with E-state index in [1.165, 1.54) is 29.9 Å². The largest absolute Gasteiger partial charge is 0.326 e. The highest BCUT2D eigenvalue weighted by molar-refractivity contribution is 7.14. The summed E-state index contributed by atoms with van der Waals surface area (Å²) in [5.74, 6) is -0.531. The average molecular weight is 414 g/mol. The van der Waals surface area contributed by atoms with Gasteiger partial charge < -0.3 is 10.6 Å². The summed E-state index contributed by atoms with van der Waals surface area (Å²) in [4.78, 5) is 38.3. The number of aromatic nitrogens is 3. The molecule has 1 aromatic carbocycles. The molecule has 0 aliphatic heterocycles. The summed E-state index contributed by atoms with van der Waals surface area (Å²) >= 11 is 1.26. The van der Waals surface area contributed by atoms with Gasteiger partial charge in [0.25, 0.3) is 0 Å².